The second-order valence-electron chi connectivity index (χ2n) is 29.7. The number of hydrogen-bond acceptors (Lipinski definition) is 34. The normalized spacial score (nSPS) is 16.3. The molecule has 8 heterocycles. The number of β-lactam (4-membered cyclic amide) rings is 2. The molecule has 4 aromatic heterocycles. The van der Waals surface area contributed by atoms with Crippen LogP contribution in [0.5, 0.6) is 5.75 Å². The minimum absolute atomic E-state index is 0. The van der Waals surface area contributed by atoms with E-state index in [1.165, 1.54) is 94.9 Å². The number of amides is 3. The van der Waals surface area contributed by atoms with Crippen molar-refractivity contribution in [2.75, 3.05) is 82.0 Å². The van der Waals surface area contributed by atoms with Gasteiger partial charge >= 0.3 is 30.2 Å². The summed E-state index contributed by atoms with van der Waals surface area (Å²) in [7, 11) is 3.25. The number of esters is 2. The molecule has 1 aromatic carbocycles. The number of ketones is 2. The number of allylic oxidation sites excluding steroid dienone is 4. The Labute approximate surface area is 773 Å². The van der Waals surface area contributed by atoms with Crippen LogP contribution in [-0.4, -0.2) is 217 Å². The van der Waals surface area contributed by atoms with Crippen LogP contribution in [0.1, 0.15) is 137 Å². The molecule has 3 amide bonds. The van der Waals surface area contributed by atoms with Gasteiger partial charge in [0.25, 0.3) is 12.1 Å². The number of methoxy groups -OCH3 is 1. The summed E-state index contributed by atoms with van der Waals surface area (Å²) < 4.78 is 56.9. The first-order valence-electron chi connectivity index (χ1n) is 37.6. The second-order valence-corrected chi connectivity index (χ2v) is 35.8. The number of unbranched alkanes of at least 4 members (excludes halogenated alkanes) is 1. The molecule has 5 aromatic rings. The molecule has 2 saturated heterocycles. The number of aliphatic carboxylic acids is 3. The molecule has 4 aliphatic rings. The summed E-state index contributed by atoms with van der Waals surface area (Å²) in [5.41, 5.74) is 15.9. The van der Waals surface area contributed by atoms with E-state index in [-0.39, 0.29) is 104 Å². The summed E-state index contributed by atoms with van der Waals surface area (Å²) in [6, 6.07) is 7.15. The van der Waals surface area contributed by atoms with Crippen LogP contribution >= 0.6 is 91.4 Å². The van der Waals surface area contributed by atoms with Gasteiger partial charge in [-0.05, 0) is 133 Å². The van der Waals surface area contributed by atoms with E-state index in [1.54, 1.807) is 101 Å². The van der Waals surface area contributed by atoms with Crippen LogP contribution < -0.4 is 47.4 Å². The summed E-state index contributed by atoms with van der Waals surface area (Å²) in [6.07, 6.45) is 10.7. The smallest absolute Gasteiger partial charge is 0.430 e. The third-order valence-electron chi connectivity index (χ3n) is 16.7. The Balaban J connectivity index is 0.000000477. The zero-order chi connectivity index (χ0) is 91.4. The minimum Gasteiger partial charge on any atom is -0.543 e. The van der Waals surface area contributed by atoms with Crippen molar-refractivity contribution in [1.29, 1.82) is 0 Å². The van der Waals surface area contributed by atoms with Gasteiger partial charge in [0.1, 0.15) is 77.2 Å². The number of carbonyl (C=O) groups excluding carboxylic acids is 9. The number of carbonyl (C=O) groups is 10. The van der Waals surface area contributed by atoms with Crippen molar-refractivity contribution in [3.8, 4) is 5.75 Å². The van der Waals surface area contributed by atoms with Crippen LogP contribution in [0.15, 0.2) is 117 Å². The Bertz CT molecular complexity index is 4740. The number of carboxylic acids is 3. The number of benzene rings is 1. The van der Waals surface area contributed by atoms with Gasteiger partial charge in [0.2, 0.25) is 23.0 Å². The molecule has 9 rings (SSSR count). The van der Waals surface area contributed by atoms with E-state index in [0.29, 0.717) is 70.3 Å². The molecule has 46 heteroatoms. The fraction of sp³-hybridized carbons (Fsp3) is 0.487. The monoisotopic (exact) mass is 2070 g/mol. The van der Waals surface area contributed by atoms with Crippen LogP contribution in [0.2, 0.25) is 0 Å². The van der Waals surface area contributed by atoms with Crippen molar-refractivity contribution in [1.82, 2.24) is 39.6 Å². The fourth-order valence-corrected chi connectivity index (χ4v) is 14.5. The fourth-order valence-electron chi connectivity index (χ4n) is 10.3. The van der Waals surface area contributed by atoms with Crippen molar-refractivity contribution in [2.24, 2.45) is 22.1 Å². The number of thiazole rings is 2. The number of alkyl halides is 5. The van der Waals surface area contributed by atoms with Crippen LogP contribution in [0.4, 0.5) is 46.1 Å². The van der Waals surface area contributed by atoms with Crippen molar-refractivity contribution < 1.29 is 128 Å². The first kappa shape index (κ1) is 109. The number of nitrogens with two attached hydrogens (primary N) is 3. The van der Waals surface area contributed by atoms with Crippen molar-refractivity contribution in [3.05, 3.63) is 129 Å². The summed E-state index contributed by atoms with van der Waals surface area (Å²) in [6.45, 7) is 24.4. The Morgan fingerprint density at radius 2 is 1.26 bits per heavy atom. The number of aryl methyl sites for hydroxylation is 1. The van der Waals surface area contributed by atoms with E-state index < -0.39 is 98.5 Å². The van der Waals surface area contributed by atoms with Gasteiger partial charge in [0.05, 0.1) is 58.3 Å². The molecule has 4 radical (unpaired) electrons. The number of halogens is 5. The predicted octanol–water partition coefficient (Wildman–Crippen LogP) is 8.40. The van der Waals surface area contributed by atoms with Crippen molar-refractivity contribution in [3.63, 3.8) is 0 Å². The number of oxime groups is 2. The van der Waals surface area contributed by atoms with E-state index in [2.05, 4.69) is 105 Å². The van der Waals surface area contributed by atoms with Gasteiger partial charge in [0, 0.05) is 93.2 Å². The van der Waals surface area contributed by atoms with E-state index in [1.807, 2.05) is 39.1 Å². The van der Waals surface area contributed by atoms with Gasteiger partial charge in [-0.3, -0.25) is 29.0 Å². The van der Waals surface area contributed by atoms with Gasteiger partial charge in [0.15, 0.2) is 28.1 Å². The molecule has 124 heavy (non-hydrogen) atoms. The van der Waals surface area contributed by atoms with Gasteiger partial charge < -0.3 is 86.3 Å². The molecule has 9 N–H and O–H groups in total. The van der Waals surface area contributed by atoms with Gasteiger partial charge in [-0.25, -0.2) is 43.7 Å². The molecular formula is C78H100BF3I2N16O19S4V-. The number of nitrogen functional groups attached to an aromatic ring is 3. The predicted molar refractivity (Wildman–Crippen MR) is 474 cm³/mol. The SMILES string of the molecule is CCCCNc1c[n+](C/C=C/C2=C(C(=O)[O-])N3C(=O)[C@@H](CC(=O)/C(=N\OC(C)(C)C(=O)O)c4csc(N)n4)C3SC2)cnc1N.CCCI.CN(CCNc1cncnc1N)C(=O)OC(C)(C)C.COc1ccc(COC(=O)C2=C(/C=C/CI)CSC3[C@H](CC(=O)/C(=N\OC(C)(C)C(=O)OC(C)(C)C)c4csc(C)n4)C(=O)N23)cc1.O=C([O-])C(F)(F)F.[B].[V]. The van der Waals surface area contributed by atoms with Gasteiger partial charge in [-0.2, -0.15) is 13.2 Å². The van der Waals surface area contributed by atoms with Crippen LogP contribution in [0.25, 0.3) is 0 Å². The molecule has 2 unspecified atom stereocenters. The van der Waals surface area contributed by atoms with Crippen LogP contribution in [0.3, 0.4) is 0 Å². The number of fused-ring (bicyclic) bond motifs is 2. The first-order valence-corrected chi connectivity index (χ1v) is 44.5. The zero-order valence-corrected chi connectivity index (χ0v) is 79.8. The third kappa shape index (κ3) is 33.3. The average molecular weight is 2070 g/mol. The Kier molecular flexibility index (Phi) is 44.2. The molecule has 0 spiro atoms. The molecule has 2 fully saturated rings. The Morgan fingerprint density at radius 3 is 1.73 bits per heavy atom. The Morgan fingerprint density at radius 1 is 0.742 bits per heavy atom. The number of anilines is 5. The number of carboxylic acid groups (broad SMARTS) is 3. The maximum atomic E-state index is 13.8. The maximum absolute atomic E-state index is 13.8. The molecule has 0 aliphatic carbocycles. The first-order chi connectivity index (χ1) is 57.1. The number of rotatable bonds is 33. The van der Waals surface area contributed by atoms with E-state index in [4.69, 9.17) is 55.7 Å². The largest absolute Gasteiger partial charge is 0.543 e. The molecule has 0 bridgehead atoms. The van der Waals surface area contributed by atoms with E-state index in [9.17, 15) is 66.5 Å². The number of likely N-dealkylation sites (N-methyl/N-ethyl adjacent to an activating group) is 1. The molecular weight excluding hydrogens is 1970 g/mol. The van der Waals surface area contributed by atoms with E-state index in [0.717, 1.165) is 45.6 Å². The number of ether oxygens (including phenoxy) is 4. The van der Waals surface area contributed by atoms with Gasteiger partial charge in [-0.1, -0.05) is 106 Å². The van der Waals surface area contributed by atoms with Crippen LogP contribution in [-0.2, 0) is 98.7 Å². The standard InChI is InChI=1S/C33H38IN3O8S2.C28H34N8O7S2.C12H21N5O2.C3H7I.C2HF3O2.B.V/c1-19-35-24(18-46-19)26(36-45-33(5,6)31(41)44-32(2,3)4)25(38)15-23-28(39)37-27(21(9-8-14-34)17-47-29(23)37)30(40)43-16-20-10-12-22(42-7)13-11-20;1-4-5-8-31-17-11-35(14-32-22(17)29)9-6-7-15-12-44-24-16(23(38)36(24)21(15)25(39)40)10-19(37)20(18-13-45-27(30)33-18)34-43-28(2,3)26(41)42;1-12(2,3)19-11(18)17(4)6-5-15-9-7-14-8-16-10(9)13;1-2-3-4;3-2(4,5)1(6)7;;/h8-13,18,23,29H,14-17H2,1-7H3;6-7,11,13-14,16,24,29,31H,4-5,8-10,12H2,1-3H3,(H4,30,33,39,40,41,42);7-8,15H,5-6H2,1-4H3,(H2,13,14,16);2-3H2,1H3;(H,6,7);;/p-1/b9-8+,36-26-;7-6+,34-20-;;;;;/t23-,29?;16-,24?;;;;;/m11...../s1. The minimum atomic E-state index is -5.19. The molecule has 35 nitrogen and oxygen atoms in total. The maximum Gasteiger partial charge on any atom is 0.430 e. The number of thioether (sulfide) groups is 2. The summed E-state index contributed by atoms with van der Waals surface area (Å²) >= 11 is 9.72. The molecule has 4 atom stereocenters. The zero-order valence-electron chi connectivity index (χ0n) is 70.8. The number of nitrogens with one attached hydrogen (secondary N) is 2. The average Bonchev–Trinajstić information content (AvgIpc) is 0.843. The summed E-state index contributed by atoms with van der Waals surface area (Å²) in [4.78, 5) is 159. The second kappa shape index (κ2) is 50.3. The third-order valence-corrected chi connectivity index (χ3v) is 22.4. The van der Waals surface area contributed by atoms with Gasteiger partial charge in [-0.15, -0.1) is 46.2 Å². The molecule has 4 aliphatic heterocycles. The number of hydrogen-bond donors (Lipinski definition) is 6. The summed E-state index contributed by atoms with van der Waals surface area (Å²) in [5.74, 6) is -8.53. The number of aromatic nitrogens is 6. The Hall–Kier alpha value is -9.16. The molecule has 0 saturated carbocycles. The quantitative estimate of drug-likeness (QED) is 0.00219. The van der Waals surface area contributed by atoms with Crippen molar-refractivity contribution >= 4 is 199 Å². The van der Waals surface area contributed by atoms with Crippen molar-refractivity contribution in [2.45, 2.75) is 175 Å². The number of nitrogens with zero attached hydrogens (tertiary/aromatic N) is 11. The van der Waals surface area contributed by atoms with E-state index >= 15 is 0 Å². The number of Topliss-reactive ketones (excluding diaryl/α,β-unsaturated/α-hetero) is 2. The van der Waals surface area contributed by atoms with Crippen LogP contribution in [0, 0.1) is 18.8 Å². The summed E-state index contributed by atoms with van der Waals surface area (Å²) in [5, 5.41) is 47.4. The molecule has 674 valence electrons. The topological polar surface area (TPSA) is 497 Å².